The zero-order valence-electron chi connectivity index (χ0n) is 9.35. The third-order valence-corrected chi connectivity index (χ3v) is 2.39. The van der Waals surface area contributed by atoms with Gasteiger partial charge in [0.2, 0.25) is 0 Å². The van der Waals surface area contributed by atoms with E-state index in [4.69, 9.17) is 11.1 Å². The summed E-state index contributed by atoms with van der Waals surface area (Å²) in [5, 5.41) is 10.9. The molecule has 0 amide bonds. The summed E-state index contributed by atoms with van der Waals surface area (Å²) in [6.07, 6.45) is 3.47. The normalized spacial score (nSPS) is 9.88. The van der Waals surface area contributed by atoms with Gasteiger partial charge in [-0.15, -0.1) is 0 Å². The fraction of sp³-hybridized carbons (Fsp3) is 0.0769. The molecule has 0 saturated carbocycles. The number of amidine groups is 1. The standard InChI is InChI=1S/C13H14N4/c14-12-3-1-2-11(8-12)13(15)17-9-10-4-6-16-7-5-10/h1-8H,9,14H2,(H2,15,17). The lowest BCUT2D eigenvalue weighted by Gasteiger charge is -2.08. The largest absolute Gasteiger partial charge is 0.399 e. The van der Waals surface area contributed by atoms with Crippen LogP contribution in [0, 0.1) is 5.41 Å². The van der Waals surface area contributed by atoms with Gasteiger partial charge in [-0.1, -0.05) is 12.1 Å². The van der Waals surface area contributed by atoms with Crippen molar-refractivity contribution < 1.29 is 0 Å². The van der Waals surface area contributed by atoms with Gasteiger partial charge in [0, 0.05) is 30.2 Å². The molecule has 0 bridgehead atoms. The molecule has 4 nitrogen and oxygen atoms in total. The molecule has 0 spiro atoms. The number of anilines is 1. The van der Waals surface area contributed by atoms with E-state index in [-0.39, 0.29) is 0 Å². The zero-order valence-corrected chi connectivity index (χ0v) is 9.35. The fourth-order valence-corrected chi connectivity index (χ4v) is 1.49. The Morgan fingerprint density at radius 3 is 2.71 bits per heavy atom. The maximum absolute atomic E-state index is 7.89. The van der Waals surface area contributed by atoms with Crippen LogP contribution >= 0.6 is 0 Å². The number of rotatable bonds is 3. The monoisotopic (exact) mass is 226 g/mol. The SMILES string of the molecule is N=C(NCc1ccncc1)c1cccc(N)c1. The third kappa shape index (κ3) is 3.04. The molecule has 2 rings (SSSR count). The van der Waals surface area contributed by atoms with E-state index in [0.29, 0.717) is 18.1 Å². The van der Waals surface area contributed by atoms with Crippen LogP contribution < -0.4 is 11.1 Å². The molecular weight excluding hydrogens is 212 g/mol. The summed E-state index contributed by atoms with van der Waals surface area (Å²) >= 11 is 0. The molecule has 0 fully saturated rings. The summed E-state index contributed by atoms with van der Waals surface area (Å²) in [5.74, 6) is 0.370. The molecule has 0 aliphatic heterocycles. The highest BCUT2D eigenvalue weighted by molar-refractivity contribution is 5.96. The first-order valence-corrected chi connectivity index (χ1v) is 5.33. The Balaban J connectivity index is 1.98. The average Bonchev–Trinajstić information content (AvgIpc) is 2.37. The molecule has 2 aromatic rings. The Bertz CT molecular complexity index is 508. The van der Waals surface area contributed by atoms with Crippen molar-refractivity contribution in [3.05, 3.63) is 59.9 Å². The van der Waals surface area contributed by atoms with E-state index in [2.05, 4.69) is 10.3 Å². The van der Waals surface area contributed by atoms with Gasteiger partial charge in [-0.3, -0.25) is 10.4 Å². The smallest absolute Gasteiger partial charge is 0.125 e. The first kappa shape index (κ1) is 11.1. The Kier molecular flexibility index (Phi) is 3.35. The summed E-state index contributed by atoms with van der Waals surface area (Å²) in [6.45, 7) is 0.607. The molecule has 86 valence electrons. The number of nitrogens with zero attached hydrogens (tertiary/aromatic N) is 1. The molecule has 0 radical (unpaired) electrons. The van der Waals surface area contributed by atoms with Crippen molar-refractivity contribution in [2.45, 2.75) is 6.54 Å². The first-order chi connectivity index (χ1) is 8.25. The number of nitrogens with two attached hydrogens (primary N) is 1. The summed E-state index contributed by atoms with van der Waals surface area (Å²) in [4.78, 5) is 3.94. The Hall–Kier alpha value is -2.36. The van der Waals surface area contributed by atoms with E-state index in [1.54, 1.807) is 24.5 Å². The average molecular weight is 226 g/mol. The highest BCUT2D eigenvalue weighted by Gasteiger charge is 2.00. The number of aromatic nitrogens is 1. The van der Waals surface area contributed by atoms with Gasteiger partial charge in [0.05, 0.1) is 0 Å². The topological polar surface area (TPSA) is 74.8 Å². The Labute approximate surface area is 100 Å². The van der Waals surface area contributed by atoms with Gasteiger partial charge in [-0.05, 0) is 29.8 Å². The van der Waals surface area contributed by atoms with Crippen LogP contribution in [0.25, 0.3) is 0 Å². The second kappa shape index (κ2) is 5.12. The first-order valence-electron chi connectivity index (χ1n) is 5.33. The maximum Gasteiger partial charge on any atom is 0.125 e. The number of benzene rings is 1. The van der Waals surface area contributed by atoms with Crippen LogP contribution in [0.5, 0.6) is 0 Å². The van der Waals surface area contributed by atoms with Crippen LogP contribution in [0.15, 0.2) is 48.8 Å². The molecule has 0 aliphatic rings. The van der Waals surface area contributed by atoms with Gasteiger partial charge in [0.25, 0.3) is 0 Å². The van der Waals surface area contributed by atoms with Gasteiger partial charge in [-0.25, -0.2) is 0 Å². The number of nitrogen functional groups attached to an aromatic ring is 1. The Morgan fingerprint density at radius 2 is 2.00 bits per heavy atom. The molecule has 1 aromatic carbocycles. The van der Waals surface area contributed by atoms with E-state index in [0.717, 1.165) is 11.1 Å². The maximum atomic E-state index is 7.89. The van der Waals surface area contributed by atoms with Crippen molar-refractivity contribution in [3.8, 4) is 0 Å². The number of nitrogens with one attached hydrogen (secondary N) is 2. The van der Waals surface area contributed by atoms with Crippen LogP contribution in [0.1, 0.15) is 11.1 Å². The van der Waals surface area contributed by atoms with Crippen LogP contribution in [0.2, 0.25) is 0 Å². The molecule has 4 N–H and O–H groups in total. The van der Waals surface area contributed by atoms with E-state index in [9.17, 15) is 0 Å². The van der Waals surface area contributed by atoms with E-state index < -0.39 is 0 Å². The minimum Gasteiger partial charge on any atom is -0.399 e. The van der Waals surface area contributed by atoms with Crippen molar-refractivity contribution >= 4 is 11.5 Å². The van der Waals surface area contributed by atoms with Gasteiger partial charge < -0.3 is 11.1 Å². The molecule has 17 heavy (non-hydrogen) atoms. The minimum atomic E-state index is 0.370. The Morgan fingerprint density at radius 1 is 1.24 bits per heavy atom. The van der Waals surface area contributed by atoms with Crippen molar-refractivity contribution in [2.24, 2.45) is 0 Å². The summed E-state index contributed by atoms with van der Waals surface area (Å²) in [6, 6.07) is 11.1. The lowest BCUT2D eigenvalue weighted by molar-refractivity contribution is 0.904. The summed E-state index contributed by atoms with van der Waals surface area (Å²) in [7, 11) is 0. The van der Waals surface area contributed by atoms with Crippen LogP contribution in [-0.4, -0.2) is 10.8 Å². The minimum absolute atomic E-state index is 0.370. The highest BCUT2D eigenvalue weighted by atomic mass is 14.9. The highest BCUT2D eigenvalue weighted by Crippen LogP contribution is 2.06. The summed E-state index contributed by atoms with van der Waals surface area (Å²) in [5.41, 5.74) is 8.22. The van der Waals surface area contributed by atoms with Crippen molar-refractivity contribution in [3.63, 3.8) is 0 Å². The zero-order chi connectivity index (χ0) is 12.1. The summed E-state index contributed by atoms with van der Waals surface area (Å²) < 4.78 is 0. The quantitative estimate of drug-likeness (QED) is 0.424. The van der Waals surface area contributed by atoms with Crippen molar-refractivity contribution in [1.29, 1.82) is 5.41 Å². The molecule has 0 saturated heterocycles. The molecule has 1 heterocycles. The van der Waals surface area contributed by atoms with Crippen molar-refractivity contribution in [1.82, 2.24) is 10.3 Å². The molecule has 0 unspecified atom stereocenters. The number of pyridine rings is 1. The van der Waals surface area contributed by atoms with Crippen LogP contribution in [0.4, 0.5) is 5.69 Å². The van der Waals surface area contributed by atoms with Gasteiger partial charge in [0.1, 0.15) is 5.84 Å². The fourth-order valence-electron chi connectivity index (χ4n) is 1.49. The van der Waals surface area contributed by atoms with E-state index in [1.807, 2.05) is 24.3 Å². The molecule has 0 atom stereocenters. The predicted octanol–water partition coefficient (Wildman–Crippen LogP) is 1.78. The third-order valence-electron chi connectivity index (χ3n) is 2.39. The van der Waals surface area contributed by atoms with Crippen LogP contribution in [0.3, 0.4) is 0 Å². The lowest BCUT2D eigenvalue weighted by Crippen LogP contribution is -2.22. The van der Waals surface area contributed by atoms with E-state index >= 15 is 0 Å². The van der Waals surface area contributed by atoms with E-state index in [1.165, 1.54) is 0 Å². The van der Waals surface area contributed by atoms with Crippen LogP contribution in [-0.2, 0) is 6.54 Å². The van der Waals surface area contributed by atoms with Gasteiger partial charge in [-0.2, -0.15) is 0 Å². The van der Waals surface area contributed by atoms with Gasteiger partial charge >= 0.3 is 0 Å². The predicted molar refractivity (Wildman–Crippen MR) is 68.8 cm³/mol. The second-order valence-corrected chi connectivity index (χ2v) is 3.71. The molecule has 1 aromatic heterocycles. The lowest BCUT2D eigenvalue weighted by atomic mass is 10.2. The number of hydrogen-bond donors (Lipinski definition) is 3. The molecular formula is C13H14N4. The second-order valence-electron chi connectivity index (χ2n) is 3.71. The number of hydrogen-bond acceptors (Lipinski definition) is 3. The van der Waals surface area contributed by atoms with Gasteiger partial charge in [0.15, 0.2) is 0 Å². The molecule has 4 heteroatoms. The van der Waals surface area contributed by atoms with Crippen molar-refractivity contribution in [2.75, 3.05) is 5.73 Å². The molecule has 0 aliphatic carbocycles.